The van der Waals surface area contributed by atoms with Crippen LogP contribution in [0.3, 0.4) is 0 Å². The van der Waals surface area contributed by atoms with Crippen molar-refractivity contribution in [1.82, 2.24) is 5.32 Å². The number of nitrogens with zero attached hydrogens (tertiary/aromatic N) is 1. The first-order valence-electron chi connectivity index (χ1n) is 7.44. The van der Waals surface area contributed by atoms with Gasteiger partial charge in [0.15, 0.2) is 16.6 Å². The summed E-state index contributed by atoms with van der Waals surface area (Å²) in [6.07, 6.45) is 1.38. The van der Waals surface area contributed by atoms with Gasteiger partial charge in [0.1, 0.15) is 5.57 Å². The van der Waals surface area contributed by atoms with E-state index in [0.717, 1.165) is 0 Å². The molecule has 2 N–H and O–H groups in total. The minimum absolute atomic E-state index is 0.0166. The third-order valence-electron chi connectivity index (χ3n) is 3.70. The predicted octanol–water partition coefficient (Wildman–Crippen LogP) is 2.89. The van der Waals surface area contributed by atoms with E-state index in [2.05, 4.69) is 5.32 Å². The fourth-order valence-corrected chi connectivity index (χ4v) is 2.85. The van der Waals surface area contributed by atoms with Crippen LogP contribution in [-0.2, 0) is 9.59 Å². The molecule has 1 saturated heterocycles. The highest BCUT2D eigenvalue weighted by atomic mass is 35.5. The van der Waals surface area contributed by atoms with E-state index in [0.29, 0.717) is 16.3 Å². The first-order chi connectivity index (χ1) is 12.4. The molecule has 0 atom stereocenters. The lowest BCUT2D eigenvalue weighted by Gasteiger charge is -2.28. The fraction of sp³-hybridized carbons (Fsp3) is 0.0556. The van der Waals surface area contributed by atoms with Gasteiger partial charge in [0.25, 0.3) is 11.8 Å². The van der Waals surface area contributed by atoms with Crippen molar-refractivity contribution in [1.29, 1.82) is 0 Å². The minimum atomic E-state index is -0.611. The number of hydrogen-bond acceptors (Lipinski definition) is 5. The zero-order valence-corrected chi connectivity index (χ0v) is 15.1. The highest BCUT2D eigenvalue weighted by Crippen LogP contribution is 2.28. The molecule has 0 saturated carbocycles. The summed E-state index contributed by atoms with van der Waals surface area (Å²) in [7, 11) is 1.43. The third-order valence-corrected chi connectivity index (χ3v) is 4.24. The molecule has 0 bridgehead atoms. The molecule has 8 heteroatoms. The second-order valence-corrected chi connectivity index (χ2v) is 6.19. The standard InChI is InChI=1S/C18H13ClN2O4S/c1-25-15-7-2-10(9-14(15)22)8-13-16(23)20-18(26)21(17(13)24)12-5-3-11(19)4-6-12/h2-9,22H,1H3,(H,20,23,26)/b13-8-. The molecule has 2 aromatic carbocycles. The van der Waals surface area contributed by atoms with Crippen molar-refractivity contribution in [2.24, 2.45) is 0 Å². The number of carbonyl (C=O) groups is 2. The highest BCUT2D eigenvalue weighted by Gasteiger charge is 2.34. The van der Waals surface area contributed by atoms with Crippen LogP contribution in [0.5, 0.6) is 11.5 Å². The Labute approximate surface area is 159 Å². The van der Waals surface area contributed by atoms with Gasteiger partial charge in [0.05, 0.1) is 12.8 Å². The van der Waals surface area contributed by atoms with Crippen molar-refractivity contribution in [3.8, 4) is 11.5 Å². The topological polar surface area (TPSA) is 78.9 Å². The van der Waals surface area contributed by atoms with Gasteiger partial charge >= 0.3 is 0 Å². The summed E-state index contributed by atoms with van der Waals surface area (Å²) in [6.45, 7) is 0. The Morgan fingerprint density at radius 3 is 2.50 bits per heavy atom. The molecule has 3 rings (SSSR count). The molecule has 0 aliphatic carbocycles. The molecule has 2 amide bonds. The van der Waals surface area contributed by atoms with Gasteiger partial charge in [-0.05, 0) is 60.3 Å². The molecule has 0 unspecified atom stereocenters. The maximum atomic E-state index is 12.8. The maximum Gasteiger partial charge on any atom is 0.270 e. The number of nitrogens with one attached hydrogen (secondary N) is 1. The van der Waals surface area contributed by atoms with Crippen molar-refractivity contribution in [3.05, 3.63) is 58.6 Å². The van der Waals surface area contributed by atoms with Crippen molar-refractivity contribution in [3.63, 3.8) is 0 Å². The first kappa shape index (κ1) is 17.9. The Morgan fingerprint density at radius 2 is 1.88 bits per heavy atom. The molecule has 0 spiro atoms. The van der Waals surface area contributed by atoms with Crippen LogP contribution in [0.4, 0.5) is 5.69 Å². The van der Waals surface area contributed by atoms with Crippen LogP contribution in [0.1, 0.15) is 5.56 Å². The third kappa shape index (κ3) is 3.40. The second kappa shape index (κ2) is 7.15. The number of rotatable bonds is 3. The van der Waals surface area contributed by atoms with Gasteiger partial charge in [-0.1, -0.05) is 17.7 Å². The lowest BCUT2D eigenvalue weighted by Crippen LogP contribution is -2.54. The van der Waals surface area contributed by atoms with Gasteiger partial charge in [-0.25, -0.2) is 0 Å². The predicted molar refractivity (Wildman–Crippen MR) is 102 cm³/mol. The normalized spacial score (nSPS) is 16.0. The highest BCUT2D eigenvalue weighted by molar-refractivity contribution is 7.80. The number of aromatic hydroxyl groups is 1. The van der Waals surface area contributed by atoms with Crippen LogP contribution in [0.2, 0.25) is 5.02 Å². The summed E-state index contributed by atoms with van der Waals surface area (Å²) < 4.78 is 4.98. The Hall–Kier alpha value is -2.90. The molecule has 1 aliphatic rings. The zero-order valence-electron chi connectivity index (χ0n) is 13.5. The van der Waals surface area contributed by atoms with Gasteiger partial charge in [-0.2, -0.15) is 0 Å². The van der Waals surface area contributed by atoms with E-state index in [4.69, 9.17) is 28.6 Å². The molecule has 26 heavy (non-hydrogen) atoms. The van der Waals surface area contributed by atoms with Crippen LogP contribution in [0, 0.1) is 0 Å². The largest absolute Gasteiger partial charge is 0.504 e. The van der Waals surface area contributed by atoms with Crippen molar-refractivity contribution in [2.75, 3.05) is 12.0 Å². The lowest BCUT2D eigenvalue weighted by atomic mass is 10.1. The van der Waals surface area contributed by atoms with E-state index in [1.54, 1.807) is 30.3 Å². The van der Waals surface area contributed by atoms with E-state index >= 15 is 0 Å². The number of benzene rings is 2. The van der Waals surface area contributed by atoms with E-state index in [-0.39, 0.29) is 22.2 Å². The fourth-order valence-electron chi connectivity index (χ4n) is 2.45. The molecule has 1 aliphatic heterocycles. The Bertz CT molecular complexity index is 941. The van der Waals surface area contributed by atoms with Crippen LogP contribution in [0.15, 0.2) is 48.0 Å². The van der Waals surface area contributed by atoms with Gasteiger partial charge < -0.3 is 9.84 Å². The summed E-state index contributed by atoms with van der Waals surface area (Å²) in [4.78, 5) is 26.3. The molecule has 0 radical (unpaired) electrons. The number of phenolic OH excluding ortho intramolecular Hbond substituents is 1. The molecule has 1 heterocycles. The second-order valence-electron chi connectivity index (χ2n) is 5.37. The van der Waals surface area contributed by atoms with Crippen molar-refractivity contribution in [2.45, 2.75) is 0 Å². The van der Waals surface area contributed by atoms with Gasteiger partial charge in [-0.15, -0.1) is 0 Å². The van der Waals surface area contributed by atoms with Gasteiger partial charge in [0, 0.05) is 5.02 Å². The Balaban J connectivity index is 1.99. The van der Waals surface area contributed by atoms with Crippen molar-refractivity contribution >= 4 is 52.5 Å². The van der Waals surface area contributed by atoms with Gasteiger partial charge in [-0.3, -0.25) is 19.8 Å². The van der Waals surface area contributed by atoms with E-state index in [9.17, 15) is 14.7 Å². The van der Waals surface area contributed by atoms with E-state index in [1.165, 1.54) is 30.2 Å². The smallest absolute Gasteiger partial charge is 0.270 e. The van der Waals surface area contributed by atoms with Crippen LogP contribution in [0.25, 0.3) is 6.08 Å². The van der Waals surface area contributed by atoms with E-state index < -0.39 is 11.8 Å². The quantitative estimate of drug-likeness (QED) is 0.480. The molecule has 0 aromatic heterocycles. The Kier molecular flexibility index (Phi) is 4.92. The number of phenols is 1. The van der Waals surface area contributed by atoms with Crippen LogP contribution >= 0.6 is 23.8 Å². The summed E-state index contributed by atoms with van der Waals surface area (Å²) in [5, 5.41) is 12.9. The summed E-state index contributed by atoms with van der Waals surface area (Å²) in [5.74, 6) is -0.997. The summed E-state index contributed by atoms with van der Waals surface area (Å²) in [6, 6.07) is 11.0. The molecule has 1 fully saturated rings. The molecular weight excluding hydrogens is 376 g/mol. The number of halogens is 1. The average molecular weight is 389 g/mol. The number of methoxy groups -OCH3 is 1. The number of hydrogen-bond donors (Lipinski definition) is 2. The van der Waals surface area contributed by atoms with Crippen molar-refractivity contribution < 1.29 is 19.4 Å². The monoisotopic (exact) mass is 388 g/mol. The van der Waals surface area contributed by atoms with Crippen LogP contribution < -0.4 is 15.0 Å². The number of carbonyl (C=O) groups excluding carboxylic acids is 2. The number of amides is 2. The number of thiocarbonyl (C=S) groups is 1. The molecule has 132 valence electrons. The van der Waals surface area contributed by atoms with Gasteiger partial charge in [0.2, 0.25) is 0 Å². The summed E-state index contributed by atoms with van der Waals surface area (Å²) >= 11 is 11.0. The number of anilines is 1. The number of ether oxygens (including phenoxy) is 1. The first-order valence-corrected chi connectivity index (χ1v) is 8.23. The molecular formula is C18H13ClN2O4S. The minimum Gasteiger partial charge on any atom is -0.504 e. The summed E-state index contributed by atoms with van der Waals surface area (Å²) in [5.41, 5.74) is 0.830. The maximum absolute atomic E-state index is 12.8. The van der Waals surface area contributed by atoms with E-state index in [1.807, 2.05) is 0 Å². The SMILES string of the molecule is COc1ccc(/C=C2/C(=O)NC(=S)N(c3ccc(Cl)cc3)C2=O)cc1O. The zero-order chi connectivity index (χ0) is 18.8. The lowest BCUT2D eigenvalue weighted by molar-refractivity contribution is -0.122. The molecule has 2 aromatic rings. The van der Waals surface area contributed by atoms with Crippen LogP contribution in [-0.4, -0.2) is 29.1 Å². The average Bonchev–Trinajstić information content (AvgIpc) is 2.60. The molecule has 6 nitrogen and oxygen atoms in total. The Morgan fingerprint density at radius 1 is 1.19 bits per heavy atom.